The molecule has 0 bridgehead atoms. The molecule has 116 valence electrons. The molecule has 1 heterocycles. The summed E-state index contributed by atoms with van der Waals surface area (Å²) in [5, 5.41) is 2.79. The van der Waals surface area contributed by atoms with Gasteiger partial charge in [0.1, 0.15) is 5.82 Å². The van der Waals surface area contributed by atoms with Crippen LogP contribution < -0.4 is 5.32 Å². The van der Waals surface area contributed by atoms with Gasteiger partial charge in [-0.3, -0.25) is 9.59 Å². The first-order chi connectivity index (χ1) is 10.6. The van der Waals surface area contributed by atoms with Gasteiger partial charge >= 0.3 is 5.97 Å². The first kappa shape index (κ1) is 14.6. The van der Waals surface area contributed by atoms with E-state index in [1.165, 1.54) is 20.0 Å². The second-order valence-electron chi connectivity index (χ2n) is 5.63. The molecule has 0 spiro atoms. The van der Waals surface area contributed by atoms with E-state index in [4.69, 9.17) is 0 Å². The van der Waals surface area contributed by atoms with Gasteiger partial charge in [-0.25, -0.2) is 4.98 Å². The van der Waals surface area contributed by atoms with E-state index in [0.717, 1.165) is 16.9 Å². The van der Waals surface area contributed by atoms with Crippen LogP contribution in [-0.2, 0) is 21.4 Å². The largest absolute Gasteiger partial charge is 0.469 e. The predicted octanol–water partition coefficient (Wildman–Crippen LogP) is 2.34. The Bertz CT molecular complexity index is 732. The number of anilines is 1. The summed E-state index contributed by atoms with van der Waals surface area (Å²) in [7, 11) is 3.34. The van der Waals surface area contributed by atoms with Crippen LogP contribution in [-0.4, -0.2) is 28.5 Å². The van der Waals surface area contributed by atoms with Crippen molar-refractivity contribution in [2.45, 2.75) is 31.6 Å². The molecule has 1 amide bonds. The molecule has 22 heavy (non-hydrogen) atoms. The van der Waals surface area contributed by atoms with Crippen LogP contribution in [0.1, 0.15) is 37.4 Å². The molecule has 6 nitrogen and oxygen atoms in total. The Morgan fingerprint density at radius 3 is 2.82 bits per heavy atom. The van der Waals surface area contributed by atoms with E-state index in [9.17, 15) is 9.59 Å². The number of nitrogens with one attached hydrogen (secondary N) is 1. The molecule has 3 rings (SSSR count). The van der Waals surface area contributed by atoms with Crippen LogP contribution in [0.25, 0.3) is 11.0 Å². The molecule has 0 unspecified atom stereocenters. The number of aryl methyl sites for hydroxylation is 1. The summed E-state index contributed by atoms with van der Waals surface area (Å²) in [5.41, 5.74) is 2.65. The molecule has 0 radical (unpaired) electrons. The fourth-order valence-electron chi connectivity index (χ4n) is 2.54. The summed E-state index contributed by atoms with van der Waals surface area (Å²) in [6.07, 6.45) is 2.60. The average molecular weight is 301 g/mol. The van der Waals surface area contributed by atoms with Crippen molar-refractivity contribution >= 4 is 28.6 Å². The van der Waals surface area contributed by atoms with E-state index in [2.05, 4.69) is 19.6 Å². The third kappa shape index (κ3) is 2.95. The SMILES string of the molecule is COC(=O)CCC(=O)Nc1ccc2c(c1)nc(C1CC1)n2C. The van der Waals surface area contributed by atoms with Crippen molar-refractivity contribution in [1.29, 1.82) is 0 Å². The van der Waals surface area contributed by atoms with Crippen molar-refractivity contribution in [2.24, 2.45) is 7.05 Å². The van der Waals surface area contributed by atoms with Gasteiger partial charge in [-0.2, -0.15) is 0 Å². The third-order valence-electron chi connectivity index (χ3n) is 3.93. The second kappa shape index (κ2) is 5.79. The minimum absolute atomic E-state index is 0.0833. The molecule has 6 heteroatoms. The van der Waals surface area contributed by atoms with Crippen LogP contribution in [0.3, 0.4) is 0 Å². The van der Waals surface area contributed by atoms with Gasteiger partial charge in [-0.15, -0.1) is 0 Å². The Balaban J connectivity index is 1.72. The number of hydrogen-bond acceptors (Lipinski definition) is 4. The van der Waals surface area contributed by atoms with Gasteiger partial charge in [0, 0.05) is 25.1 Å². The molecule has 1 aliphatic rings. The zero-order chi connectivity index (χ0) is 15.7. The number of carbonyl (C=O) groups is 2. The fourth-order valence-corrected chi connectivity index (χ4v) is 2.54. The predicted molar refractivity (Wildman–Crippen MR) is 82.6 cm³/mol. The van der Waals surface area contributed by atoms with Gasteiger partial charge in [-0.05, 0) is 31.0 Å². The van der Waals surface area contributed by atoms with Crippen LogP contribution >= 0.6 is 0 Å². The zero-order valence-electron chi connectivity index (χ0n) is 12.8. The molecular formula is C16H19N3O3. The number of benzene rings is 1. The summed E-state index contributed by atoms with van der Waals surface area (Å²) < 4.78 is 6.64. The molecule has 1 fully saturated rings. The number of ether oxygens (including phenoxy) is 1. The Kier molecular flexibility index (Phi) is 3.83. The first-order valence-electron chi connectivity index (χ1n) is 7.41. The smallest absolute Gasteiger partial charge is 0.306 e. The lowest BCUT2D eigenvalue weighted by atomic mass is 10.2. The van der Waals surface area contributed by atoms with Gasteiger partial charge in [0.25, 0.3) is 0 Å². The number of aromatic nitrogens is 2. The van der Waals surface area contributed by atoms with E-state index in [1.807, 2.05) is 25.2 Å². The summed E-state index contributed by atoms with van der Waals surface area (Å²) in [6, 6.07) is 5.69. The van der Waals surface area contributed by atoms with E-state index < -0.39 is 0 Å². The number of amides is 1. The van der Waals surface area contributed by atoms with Crippen molar-refractivity contribution in [3.8, 4) is 0 Å². The van der Waals surface area contributed by atoms with Crippen molar-refractivity contribution in [3.05, 3.63) is 24.0 Å². The number of carbonyl (C=O) groups excluding carboxylic acids is 2. The third-order valence-corrected chi connectivity index (χ3v) is 3.93. The highest BCUT2D eigenvalue weighted by atomic mass is 16.5. The maximum absolute atomic E-state index is 11.8. The fraction of sp³-hybridized carbons (Fsp3) is 0.438. The van der Waals surface area contributed by atoms with Crippen LogP contribution in [0.5, 0.6) is 0 Å². The van der Waals surface area contributed by atoms with Gasteiger partial charge in [0.15, 0.2) is 0 Å². The number of nitrogens with zero attached hydrogens (tertiary/aromatic N) is 2. The number of hydrogen-bond donors (Lipinski definition) is 1. The summed E-state index contributed by atoms with van der Waals surface area (Å²) in [4.78, 5) is 27.5. The summed E-state index contributed by atoms with van der Waals surface area (Å²) >= 11 is 0. The van der Waals surface area contributed by atoms with Crippen LogP contribution in [0.15, 0.2) is 18.2 Å². The average Bonchev–Trinajstić information content (AvgIpc) is 3.30. The molecular weight excluding hydrogens is 282 g/mol. The Hall–Kier alpha value is -2.37. The van der Waals surface area contributed by atoms with E-state index in [1.54, 1.807) is 0 Å². The van der Waals surface area contributed by atoms with E-state index >= 15 is 0 Å². The highest BCUT2D eigenvalue weighted by molar-refractivity contribution is 5.94. The number of imidazole rings is 1. The standard InChI is InChI=1S/C16H19N3O3/c1-19-13-6-5-11(17-14(20)7-8-15(21)22-2)9-12(13)18-16(19)10-3-4-10/h5-6,9-10H,3-4,7-8H2,1-2H3,(H,17,20). The maximum Gasteiger partial charge on any atom is 0.306 e. The Morgan fingerprint density at radius 2 is 2.14 bits per heavy atom. The molecule has 1 aliphatic carbocycles. The number of esters is 1. The number of rotatable bonds is 5. The van der Waals surface area contributed by atoms with Crippen molar-refractivity contribution < 1.29 is 14.3 Å². The zero-order valence-corrected chi connectivity index (χ0v) is 12.8. The highest BCUT2D eigenvalue weighted by Crippen LogP contribution is 2.40. The Labute approximate surface area is 128 Å². The maximum atomic E-state index is 11.8. The molecule has 0 saturated heterocycles. The molecule has 1 N–H and O–H groups in total. The van der Waals surface area contributed by atoms with Gasteiger partial charge in [0.2, 0.25) is 5.91 Å². The summed E-state index contributed by atoms with van der Waals surface area (Å²) in [6.45, 7) is 0. The van der Waals surface area contributed by atoms with Crippen molar-refractivity contribution in [2.75, 3.05) is 12.4 Å². The monoisotopic (exact) mass is 301 g/mol. The normalized spacial score (nSPS) is 14.1. The summed E-state index contributed by atoms with van der Waals surface area (Å²) in [5.74, 6) is 1.10. The molecule has 1 saturated carbocycles. The molecule has 1 aromatic heterocycles. The quantitative estimate of drug-likeness (QED) is 0.860. The molecule has 2 aromatic rings. The van der Waals surface area contributed by atoms with E-state index in [0.29, 0.717) is 11.6 Å². The second-order valence-corrected chi connectivity index (χ2v) is 5.63. The minimum Gasteiger partial charge on any atom is -0.469 e. The van der Waals surface area contributed by atoms with Crippen LogP contribution in [0.4, 0.5) is 5.69 Å². The lowest BCUT2D eigenvalue weighted by Gasteiger charge is -2.05. The highest BCUT2D eigenvalue weighted by Gasteiger charge is 2.28. The van der Waals surface area contributed by atoms with Crippen molar-refractivity contribution in [3.63, 3.8) is 0 Å². The first-order valence-corrected chi connectivity index (χ1v) is 7.41. The van der Waals surface area contributed by atoms with Gasteiger partial charge in [0.05, 0.1) is 24.6 Å². The van der Waals surface area contributed by atoms with Crippen molar-refractivity contribution in [1.82, 2.24) is 9.55 Å². The van der Waals surface area contributed by atoms with Gasteiger partial charge in [-0.1, -0.05) is 0 Å². The number of methoxy groups -OCH3 is 1. The lowest BCUT2D eigenvalue weighted by Crippen LogP contribution is -2.13. The van der Waals surface area contributed by atoms with Crippen LogP contribution in [0.2, 0.25) is 0 Å². The Morgan fingerprint density at radius 1 is 1.36 bits per heavy atom. The number of fused-ring (bicyclic) bond motifs is 1. The van der Waals surface area contributed by atoms with Crippen LogP contribution in [0, 0.1) is 0 Å². The van der Waals surface area contributed by atoms with E-state index in [-0.39, 0.29) is 24.7 Å². The van der Waals surface area contributed by atoms with Gasteiger partial charge < -0.3 is 14.6 Å². The topological polar surface area (TPSA) is 73.2 Å². The molecule has 1 aromatic carbocycles. The molecule has 0 atom stereocenters. The molecule has 0 aliphatic heterocycles. The minimum atomic E-state index is -0.385. The lowest BCUT2D eigenvalue weighted by molar-refractivity contribution is -0.141.